The molecule has 0 unspecified atom stereocenters. The number of rotatable bonds is 4. The van der Waals surface area contributed by atoms with Crippen molar-refractivity contribution in [2.24, 2.45) is 0 Å². The van der Waals surface area contributed by atoms with Crippen molar-refractivity contribution in [1.82, 2.24) is 4.90 Å². The Morgan fingerprint density at radius 1 is 1.17 bits per heavy atom. The van der Waals surface area contributed by atoms with Crippen molar-refractivity contribution in [2.75, 3.05) is 37.2 Å². The van der Waals surface area contributed by atoms with Gasteiger partial charge in [-0.1, -0.05) is 24.4 Å². The first-order valence-corrected chi connectivity index (χ1v) is 7.15. The predicted molar refractivity (Wildman–Crippen MR) is 79.3 cm³/mol. The van der Waals surface area contributed by atoms with Gasteiger partial charge in [0.1, 0.15) is 0 Å². The Balaban J connectivity index is 1.77. The van der Waals surface area contributed by atoms with Crippen molar-refractivity contribution in [2.45, 2.75) is 25.7 Å². The summed E-state index contributed by atoms with van der Waals surface area (Å²) in [7, 11) is 0. The van der Waals surface area contributed by atoms with Crippen LogP contribution in [0, 0.1) is 0 Å². The minimum atomic E-state index is 0.686. The number of anilines is 2. The average Bonchev–Trinajstić information content (AvgIpc) is 2.60. The molecule has 1 aromatic rings. The van der Waals surface area contributed by atoms with Gasteiger partial charge >= 0.3 is 0 Å². The first-order valence-electron chi connectivity index (χ1n) is 6.77. The summed E-state index contributed by atoms with van der Waals surface area (Å²) >= 11 is 5.87. The van der Waals surface area contributed by atoms with E-state index >= 15 is 0 Å². The molecule has 0 saturated carbocycles. The molecule has 0 aliphatic carbocycles. The van der Waals surface area contributed by atoms with Crippen LogP contribution >= 0.6 is 11.6 Å². The SMILES string of the molecule is Nc1cc(Cl)ccc1NCCN1CCCCCC1. The van der Waals surface area contributed by atoms with E-state index in [1.54, 1.807) is 6.07 Å². The van der Waals surface area contributed by atoms with Crippen molar-refractivity contribution < 1.29 is 0 Å². The van der Waals surface area contributed by atoms with E-state index in [2.05, 4.69) is 10.2 Å². The second kappa shape index (κ2) is 6.86. The van der Waals surface area contributed by atoms with E-state index < -0.39 is 0 Å². The third-order valence-corrected chi connectivity index (χ3v) is 3.69. The largest absolute Gasteiger partial charge is 0.397 e. The van der Waals surface area contributed by atoms with Gasteiger partial charge in [0.05, 0.1) is 11.4 Å². The third kappa shape index (κ3) is 4.07. The number of hydrogen-bond donors (Lipinski definition) is 2. The summed E-state index contributed by atoms with van der Waals surface area (Å²) in [5.74, 6) is 0. The van der Waals surface area contributed by atoms with Crippen LogP contribution in [0.15, 0.2) is 18.2 Å². The molecular weight excluding hydrogens is 246 g/mol. The number of halogens is 1. The molecule has 1 aromatic carbocycles. The molecule has 1 aliphatic heterocycles. The monoisotopic (exact) mass is 267 g/mol. The number of nitrogens with two attached hydrogens (primary N) is 1. The van der Waals surface area contributed by atoms with Gasteiger partial charge in [-0.05, 0) is 44.1 Å². The molecule has 4 heteroatoms. The van der Waals surface area contributed by atoms with Crippen molar-refractivity contribution in [1.29, 1.82) is 0 Å². The molecule has 3 N–H and O–H groups in total. The van der Waals surface area contributed by atoms with Crippen LogP contribution in [0.1, 0.15) is 25.7 Å². The molecule has 18 heavy (non-hydrogen) atoms. The van der Waals surface area contributed by atoms with Gasteiger partial charge in [0.2, 0.25) is 0 Å². The van der Waals surface area contributed by atoms with Crippen LogP contribution in [0.2, 0.25) is 5.02 Å². The van der Waals surface area contributed by atoms with Gasteiger partial charge < -0.3 is 16.0 Å². The van der Waals surface area contributed by atoms with Gasteiger partial charge in [0, 0.05) is 18.1 Å². The van der Waals surface area contributed by atoms with Crippen LogP contribution in [0.3, 0.4) is 0 Å². The van der Waals surface area contributed by atoms with E-state index in [9.17, 15) is 0 Å². The molecule has 0 radical (unpaired) electrons. The molecule has 1 fully saturated rings. The average molecular weight is 268 g/mol. The molecule has 0 atom stereocenters. The highest BCUT2D eigenvalue weighted by Gasteiger charge is 2.08. The summed E-state index contributed by atoms with van der Waals surface area (Å²) < 4.78 is 0. The molecule has 0 spiro atoms. The van der Waals surface area contributed by atoms with E-state index in [0.717, 1.165) is 24.5 Å². The second-order valence-electron chi connectivity index (χ2n) is 4.91. The zero-order chi connectivity index (χ0) is 12.8. The van der Waals surface area contributed by atoms with Crippen LogP contribution in [0.25, 0.3) is 0 Å². The topological polar surface area (TPSA) is 41.3 Å². The van der Waals surface area contributed by atoms with Gasteiger partial charge in [-0.2, -0.15) is 0 Å². The third-order valence-electron chi connectivity index (χ3n) is 3.46. The Kier molecular flexibility index (Phi) is 5.14. The minimum absolute atomic E-state index is 0.686. The number of nitrogens with one attached hydrogen (secondary N) is 1. The van der Waals surface area contributed by atoms with E-state index in [1.165, 1.54) is 38.8 Å². The Morgan fingerprint density at radius 3 is 2.56 bits per heavy atom. The lowest BCUT2D eigenvalue weighted by atomic mass is 10.2. The first kappa shape index (κ1) is 13.5. The standard InChI is InChI=1S/C14H22ClN3/c15-12-5-6-14(13(16)11-12)17-7-10-18-8-3-1-2-4-9-18/h5-6,11,17H,1-4,7-10,16H2. The normalized spacial score (nSPS) is 17.4. The molecule has 0 amide bonds. The zero-order valence-electron chi connectivity index (χ0n) is 10.8. The molecule has 3 nitrogen and oxygen atoms in total. The summed E-state index contributed by atoms with van der Waals surface area (Å²) in [6, 6.07) is 5.60. The number of likely N-dealkylation sites (tertiary alicyclic amines) is 1. The second-order valence-corrected chi connectivity index (χ2v) is 5.35. The number of nitrogens with zero attached hydrogens (tertiary/aromatic N) is 1. The van der Waals surface area contributed by atoms with Gasteiger partial charge in [0.15, 0.2) is 0 Å². The van der Waals surface area contributed by atoms with Crippen LogP contribution in [-0.4, -0.2) is 31.1 Å². The molecule has 0 aromatic heterocycles. The Hall–Kier alpha value is -0.930. The molecule has 100 valence electrons. The maximum atomic E-state index is 5.91. The fraction of sp³-hybridized carbons (Fsp3) is 0.571. The highest BCUT2D eigenvalue weighted by atomic mass is 35.5. The molecule has 1 heterocycles. The lowest BCUT2D eigenvalue weighted by molar-refractivity contribution is 0.296. The number of benzene rings is 1. The van der Waals surface area contributed by atoms with Crippen LogP contribution < -0.4 is 11.1 Å². The summed E-state index contributed by atoms with van der Waals surface area (Å²) in [5.41, 5.74) is 7.61. The molecular formula is C14H22ClN3. The molecule has 0 bridgehead atoms. The van der Waals surface area contributed by atoms with Gasteiger partial charge in [-0.25, -0.2) is 0 Å². The molecule has 1 saturated heterocycles. The van der Waals surface area contributed by atoms with Gasteiger partial charge in [0.25, 0.3) is 0 Å². The van der Waals surface area contributed by atoms with Crippen LogP contribution in [0.5, 0.6) is 0 Å². The predicted octanol–water partition coefficient (Wildman–Crippen LogP) is 3.21. The van der Waals surface area contributed by atoms with E-state index in [0.29, 0.717) is 5.02 Å². The maximum Gasteiger partial charge on any atom is 0.0575 e. The van der Waals surface area contributed by atoms with Crippen molar-refractivity contribution in [3.8, 4) is 0 Å². The fourth-order valence-electron chi connectivity index (χ4n) is 2.40. The summed E-state index contributed by atoms with van der Waals surface area (Å²) in [6.45, 7) is 4.49. The lowest BCUT2D eigenvalue weighted by Gasteiger charge is -2.20. The van der Waals surface area contributed by atoms with E-state index in [-0.39, 0.29) is 0 Å². The quantitative estimate of drug-likeness (QED) is 0.823. The fourth-order valence-corrected chi connectivity index (χ4v) is 2.58. The van der Waals surface area contributed by atoms with Crippen molar-refractivity contribution >= 4 is 23.0 Å². The zero-order valence-corrected chi connectivity index (χ0v) is 11.5. The smallest absolute Gasteiger partial charge is 0.0575 e. The van der Waals surface area contributed by atoms with Crippen LogP contribution in [0.4, 0.5) is 11.4 Å². The molecule has 1 aliphatic rings. The summed E-state index contributed by atoms with van der Waals surface area (Å²) in [5, 5.41) is 4.07. The Morgan fingerprint density at radius 2 is 1.89 bits per heavy atom. The first-order chi connectivity index (χ1) is 8.75. The number of nitrogen functional groups attached to an aromatic ring is 1. The summed E-state index contributed by atoms with van der Waals surface area (Å²) in [4.78, 5) is 2.53. The number of hydrogen-bond acceptors (Lipinski definition) is 3. The van der Waals surface area contributed by atoms with Crippen molar-refractivity contribution in [3.63, 3.8) is 0 Å². The lowest BCUT2D eigenvalue weighted by Crippen LogP contribution is -2.30. The van der Waals surface area contributed by atoms with E-state index in [1.807, 2.05) is 12.1 Å². The maximum absolute atomic E-state index is 5.91. The highest BCUT2D eigenvalue weighted by Crippen LogP contribution is 2.22. The van der Waals surface area contributed by atoms with E-state index in [4.69, 9.17) is 17.3 Å². The Bertz CT molecular complexity index is 373. The highest BCUT2D eigenvalue weighted by molar-refractivity contribution is 6.31. The van der Waals surface area contributed by atoms with Gasteiger partial charge in [-0.15, -0.1) is 0 Å². The molecule has 2 rings (SSSR count). The van der Waals surface area contributed by atoms with Crippen molar-refractivity contribution in [3.05, 3.63) is 23.2 Å². The minimum Gasteiger partial charge on any atom is -0.397 e. The van der Waals surface area contributed by atoms with Gasteiger partial charge in [-0.3, -0.25) is 0 Å². The van der Waals surface area contributed by atoms with Crippen LogP contribution in [-0.2, 0) is 0 Å². The summed E-state index contributed by atoms with van der Waals surface area (Å²) in [6.07, 6.45) is 5.44. The Labute approximate surface area is 114 Å².